The minimum absolute atomic E-state index is 0.00156. The fourth-order valence-corrected chi connectivity index (χ4v) is 5.69. The van der Waals surface area contributed by atoms with E-state index in [0.717, 1.165) is 30.3 Å². The lowest BCUT2D eigenvalue weighted by atomic mass is 9.78. The topological polar surface area (TPSA) is 78.1 Å². The molecule has 1 amide bonds. The van der Waals surface area contributed by atoms with Gasteiger partial charge in [-0.25, -0.2) is 13.9 Å². The van der Waals surface area contributed by atoms with Crippen LogP contribution in [0.5, 0.6) is 11.5 Å². The third-order valence-electron chi connectivity index (χ3n) is 7.18. The summed E-state index contributed by atoms with van der Waals surface area (Å²) in [6.07, 6.45) is 6.99. The van der Waals surface area contributed by atoms with Crippen LogP contribution in [0.2, 0.25) is 0 Å². The van der Waals surface area contributed by atoms with Gasteiger partial charge < -0.3 is 14.4 Å². The van der Waals surface area contributed by atoms with E-state index in [2.05, 4.69) is 5.10 Å². The molecule has 1 aliphatic carbocycles. The first-order chi connectivity index (χ1) is 15.1. The van der Waals surface area contributed by atoms with Crippen molar-refractivity contribution in [1.29, 1.82) is 0 Å². The zero-order chi connectivity index (χ0) is 21.1. The molecule has 1 saturated heterocycles. The molecule has 162 valence electrons. The Morgan fingerprint density at radius 1 is 1.10 bits per heavy atom. The molecule has 0 unspecified atom stereocenters. The van der Waals surface area contributed by atoms with Crippen LogP contribution in [0.4, 0.5) is 0 Å². The van der Waals surface area contributed by atoms with Gasteiger partial charge in [0.1, 0.15) is 6.54 Å². The predicted octanol–water partition coefficient (Wildman–Crippen LogP) is 2.87. The maximum atomic E-state index is 13.3. The summed E-state index contributed by atoms with van der Waals surface area (Å²) in [4.78, 5) is 28.6. The molecule has 8 nitrogen and oxygen atoms in total. The van der Waals surface area contributed by atoms with Crippen molar-refractivity contribution in [3.63, 3.8) is 0 Å². The lowest BCUT2D eigenvalue weighted by molar-refractivity contribution is -0.138. The second kappa shape index (κ2) is 7.00. The van der Waals surface area contributed by atoms with E-state index in [1.54, 1.807) is 4.40 Å². The highest BCUT2D eigenvalue weighted by molar-refractivity contribution is 5.87. The van der Waals surface area contributed by atoms with Gasteiger partial charge in [-0.05, 0) is 56.2 Å². The number of carbonyl (C=O) groups excluding carboxylic acids is 1. The van der Waals surface area contributed by atoms with Gasteiger partial charge in [-0.15, -0.1) is 5.10 Å². The molecule has 31 heavy (non-hydrogen) atoms. The van der Waals surface area contributed by atoms with E-state index in [1.807, 2.05) is 30.0 Å². The molecule has 8 heteroatoms. The first-order valence-electron chi connectivity index (χ1n) is 11.2. The highest BCUT2D eigenvalue weighted by atomic mass is 16.7. The number of likely N-dealkylation sites (tertiary alicyclic amines) is 1. The largest absolute Gasteiger partial charge is 0.454 e. The molecule has 2 fully saturated rings. The zero-order valence-electron chi connectivity index (χ0n) is 17.7. The maximum absolute atomic E-state index is 13.3. The van der Waals surface area contributed by atoms with E-state index in [4.69, 9.17) is 9.47 Å². The van der Waals surface area contributed by atoms with E-state index < -0.39 is 0 Å². The van der Waals surface area contributed by atoms with Gasteiger partial charge in [-0.1, -0.05) is 12.8 Å². The van der Waals surface area contributed by atoms with Gasteiger partial charge in [0, 0.05) is 24.0 Å². The molecular formula is C23H26N4O4. The Hall–Kier alpha value is -3.03. The minimum atomic E-state index is -0.298. The molecule has 0 spiro atoms. The van der Waals surface area contributed by atoms with Crippen LogP contribution in [0.15, 0.2) is 23.0 Å². The molecule has 2 aliphatic heterocycles. The summed E-state index contributed by atoms with van der Waals surface area (Å²) in [5.41, 5.74) is 1.85. The van der Waals surface area contributed by atoms with Gasteiger partial charge in [0.25, 0.3) is 0 Å². The van der Waals surface area contributed by atoms with Crippen LogP contribution in [-0.4, -0.2) is 44.4 Å². The molecule has 6 rings (SSSR count). The molecule has 0 N–H and O–H groups in total. The highest BCUT2D eigenvalue weighted by Crippen LogP contribution is 2.37. The van der Waals surface area contributed by atoms with Crippen molar-refractivity contribution in [2.45, 2.75) is 58.0 Å². The molecule has 3 aliphatic rings. The average Bonchev–Trinajstić information content (AvgIpc) is 3.36. The Morgan fingerprint density at radius 2 is 1.87 bits per heavy atom. The molecule has 3 aromatic rings. The number of piperidine rings is 1. The molecule has 1 aromatic carbocycles. The van der Waals surface area contributed by atoms with Crippen LogP contribution < -0.4 is 15.2 Å². The van der Waals surface area contributed by atoms with Gasteiger partial charge in [-0.2, -0.15) is 0 Å². The number of pyridine rings is 1. The Morgan fingerprint density at radius 3 is 2.74 bits per heavy atom. The Labute approximate surface area is 179 Å². The van der Waals surface area contributed by atoms with Crippen LogP contribution in [0.1, 0.15) is 44.1 Å². The van der Waals surface area contributed by atoms with Crippen molar-refractivity contribution in [2.24, 2.45) is 5.92 Å². The number of aryl methyl sites for hydroxylation is 1. The zero-order valence-corrected chi connectivity index (χ0v) is 17.7. The van der Waals surface area contributed by atoms with Crippen molar-refractivity contribution in [1.82, 2.24) is 19.1 Å². The Balaban J connectivity index is 1.39. The first kappa shape index (κ1) is 18.7. The maximum Gasteiger partial charge on any atom is 0.351 e. The number of amides is 1. The molecule has 0 bridgehead atoms. The summed E-state index contributed by atoms with van der Waals surface area (Å²) in [6, 6.07) is 6.01. The number of carbonyl (C=O) groups is 1. The number of fused-ring (bicyclic) bond motifs is 5. The van der Waals surface area contributed by atoms with Crippen molar-refractivity contribution in [3.8, 4) is 11.5 Å². The van der Waals surface area contributed by atoms with E-state index in [-0.39, 0.29) is 24.9 Å². The van der Waals surface area contributed by atoms with Crippen LogP contribution in [0.3, 0.4) is 0 Å². The third kappa shape index (κ3) is 2.91. The molecule has 2 aromatic heterocycles. The SMILES string of the molecule is Cc1cc2cc3c(cc2n2c(=O)n(CC(=O)N4CCC[C@@H]5CCCC[C@@H]54)nc12)OCO3. The van der Waals surface area contributed by atoms with Gasteiger partial charge in [0.2, 0.25) is 12.7 Å². The summed E-state index contributed by atoms with van der Waals surface area (Å²) >= 11 is 0. The number of nitrogens with zero attached hydrogens (tertiary/aromatic N) is 4. The average molecular weight is 422 g/mol. The number of rotatable bonds is 2. The molecule has 0 radical (unpaired) electrons. The van der Waals surface area contributed by atoms with Gasteiger partial charge in [0.05, 0.1) is 5.52 Å². The van der Waals surface area contributed by atoms with Crippen LogP contribution in [0.25, 0.3) is 16.6 Å². The van der Waals surface area contributed by atoms with Crippen LogP contribution in [-0.2, 0) is 11.3 Å². The number of ether oxygens (including phenoxy) is 2. The molecular weight excluding hydrogens is 396 g/mol. The van der Waals surface area contributed by atoms with Gasteiger partial charge >= 0.3 is 5.69 Å². The second-order valence-corrected chi connectivity index (χ2v) is 9.03. The fraction of sp³-hybridized carbons (Fsp3) is 0.522. The first-order valence-corrected chi connectivity index (χ1v) is 11.2. The normalized spacial score (nSPS) is 22.8. The highest BCUT2D eigenvalue weighted by Gasteiger charge is 2.36. The number of hydrogen-bond donors (Lipinski definition) is 0. The van der Waals surface area contributed by atoms with E-state index in [0.29, 0.717) is 34.6 Å². The van der Waals surface area contributed by atoms with Gasteiger partial charge in [-0.3, -0.25) is 4.79 Å². The van der Waals surface area contributed by atoms with E-state index in [1.165, 1.54) is 30.4 Å². The number of benzene rings is 1. The summed E-state index contributed by atoms with van der Waals surface area (Å²) in [5, 5.41) is 5.42. The van der Waals surface area contributed by atoms with Crippen molar-refractivity contribution >= 4 is 22.5 Å². The summed E-state index contributed by atoms with van der Waals surface area (Å²) in [6.45, 7) is 2.87. The van der Waals surface area contributed by atoms with Crippen molar-refractivity contribution in [3.05, 3.63) is 34.2 Å². The second-order valence-electron chi connectivity index (χ2n) is 9.03. The minimum Gasteiger partial charge on any atom is -0.454 e. The summed E-state index contributed by atoms with van der Waals surface area (Å²) in [5.74, 6) is 1.90. The van der Waals surface area contributed by atoms with Crippen LogP contribution in [0, 0.1) is 12.8 Å². The number of aromatic nitrogens is 3. The third-order valence-corrected chi connectivity index (χ3v) is 7.18. The summed E-state index contributed by atoms with van der Waals surface area (Å²) < 4.78 is 13.9. The van der Waals surface area contributed by atoms with Gasteiger partial charge in [0.15, 0.2) is 17.1 Å². The predicted molar refractivity (Wildman–Crippen MR) is 115 cm³/mol. The number of hydrogen-bond acceptors (Lipinski definition) is 5. The Kier molecular flexibility index (Phi) is 4.23. The lowest BCUT2D eigenvalue weighted by Crippen LogP contribution is -2.51. The fourth-order valence-electron chi connectivity index (χ4n) is 5.69. The molecule has 2 atom stereocenters. The smallest absolute Gasteiger partial charge is 0.351 e. The van der Waals surface area contributed by atoms with E-state index in [9.17, 15) is 9.59 Å². The van der Waals surface area contributed by atoms with Crippen LogP contribution >= 0.6 is 0 Å². The van der Waals surface area contributed by atoms with Crippen molar-refractivity contribution < 1.29 is 14.3 Å². The molecule has 1 saturated carbocycles. The molecule has 4 heterocycles. The van der Waals surface area contributed by atoms with E-state index >= 15 is 0 Å². The Bertz CT molecular complexity index is 1260. The summed E-state index contributed by atoms with van der Waals surface area (Å²) in [7, 11) is 0. The lowest BCUT2D eigenvalue weighted by Gasteiger charge is -2.44. The van der Waals surface area contributed by atoms with Crippen molar-refractivity contribution in [2.75, 3.05) is 13.3 Å². The quantitative estimate of drug-likeness (QED) is 0.635. The monoisotopic (exact) mass is 422 g/mol. The standard InChI is InChI=1S/C23H26N4O4/c1-14-9-16-10-19-20(31-13-30-19)11-18(16)27-22(14)24-26(23(27)29)12-21(28)25-8-4-6-15-5-2-3-7-17(15)25/h9-11,15,17H,2-8,12-13H2,1H3/t15-,17-/m0/s1.